The van der Waals surface area contributed by atoms with Crippen LogP contribution in [-0.4, -0.2) is 25.5 Å². The van der Waals surface area contributed by atoms with Gasteiger partial charge in [-0.25, -0.2) is 0 Å². The molecule has 0 saturated heterocycles. The third kappa shape index (κ3) is 5.83. The zero-order chi connectivity index (χ0) is 8.81. The van der Waals surface area contributed by atoms with E-state index in [-0.39, 0.29) is 17.0 Å². The molecular formula is C11H18BrN. The molecule has 0 aliphatic rings. The predicted molar refractivity (Wildman–Crippen MR) is 63.6 cm³/mol. The van der Waals surface area contributed by atoms with Crippen LogP contribution in [0.1, 0.15) is 12.0 Å². The van der Waals surface area contributed by atoms with Gasteiger partial charge in [0, 0.05) is 0 Å². The molecule has 0 radical (unpaired) electrons. The second kappa shape index (κ2) is 7.10. The first kappa shape index (κ1) is 12.7. The van der Waals surface area contributed by atoms with Crippen LogP contribution in [0.4, 0.5) is 0 Å². The SMILES string of the molecule is Br.CN(C)CCCc1ccccc1. The Kier molecular flexibility index (Phi) is 6.92. The van der Waals surface area contributed by atoms with E-state index in [2.05, 4.69) is 49.3 Å². The summed E-state index contributed by atoms with van der Waals surface area (Å²) in [6.45, 7) is 1.18. The summed E-state index contributed by atoms with van der Waals surface area (Å²) < 4.78 is 0. The van der Waals surface area contributed by atoms with Gasteiger partial charge in [-0.3, -0.25) is 0 Å². The minimum atomic E-state index is 0. The molecule has 2 heteroatoms. The van der Waals surface area contributed by atoms with Crippen molar-refractivity contribution in [1.29, 1.82) is 0 Å². The highest BCUT2D eigenvalue weighted by molar-refractivity contribution is 8.93. The van der Waals surface area contributed by atoms with Crippen LogP contribution in [0.5, 0.6) is 0 Å². The third-order valence-electron chi connectivity index (χ3n) is 1.91. The van der Waals surface area contributed by atoms with E-state index in [1.54, 1.807) is 0 Å². The van der Waals surface area contributed by atoms with Gasteiger partial charge in [0.05, 0.1) is 0 Å². The topological polar surface area (TPSA) is 3.24 Å². The van der Waals surface area contributed by atoms with Crippen molar-refractivity contribution in [3.8, 4) is 0 Å². The van der Waals surface area contributed by atoms with Crippen molar-refractivity contribution < 1.29 is 0 Å². The molecule has 0 atom stereocenters. The fourth-order valence-corrected chi connectivity index (χ4v) is 1.24. The van der Waals surface area contributed by atoms with E-state index in [0.717, 1.165) is 0 Å². The highest BCUT2D eigenvalue weighted by Crippen LogP contribution is 2.02. The minimum Gasteiger partial charge on any atom is -0.309 e. The first-order valence-corrected chi connectivity index (χ1v) is 4.47. The lowest BCUT2D eigenvalue weighted by Gasteiger charge is -2.08. The van der Waals surface area contributed by atoms with Crippen molar-refractivity contribution in [3.05, 3.63) is 35.9 Å². The van der Waals surface area contributed by atoms with Crippen LogP contribution >= 0.6 is 17.0 Å². The van der Waals surface area contributed by atoms with Crippen molar-refractivity contribution in [1.82, 2.24) is 4.90 Å². The summed E-state index contributed by atoms with van der Waals surface area (Å²) in [5.74, 6) is 0. The third-order valence-corrected chi connectivity index (χ3v) is 1.91. The highest BCUT2D eigenvalue weighted by atomic mass is 79.9. The summed E-state index contributed by atoms with van der Waals surface area (Å²) in [6.07, 6.45) is 2.44. The Balaban J connectivity index is 0.00000144. The van der Waals surface area contributed by atoms with Crippen LogP contribution in [0.25, 0.3) is 0 Å². The minimum absolute atomic E-state index is 0. The van der Waals surface area contributed by atoms with E-state index >= 15 is 0 Å². The van der Waals surface area contributed by atoms with E-state index in [1.807, 2.05) is 0 Å². The maximum Gasteiger partial charge on any atom is -0.00217 e. The zero-order valence-corrected chi connectivity index (χ0v) is 10.1. The van der Waals surface area contributed by atoms with Gasteiger partial charge in [-0.1, -0.05) is 30.3 Å². The molecule has 0 aliphatic carbocycles. The molecule has 0 unspecified atom stereocenters. The number of nitrogens with zero attached hydrogens (tertiary/aromatic N) is 1. The number of benzene rings is 1. The number of halogens is 1. The van der Waals surface area contributed by atoms with E-state index in [0.29, 0.717) is 0 Å². The molecule has 13 heavy (non-hydrogen) atoms. The lowest BCUT2D eigenvalue weighted by atomic mass is 10.1. The largest absolute Gasteiger partial charge is 0.309 e. The van der Waals surface area contributed by atoms with Gasteiger partial charge in [-0.15, -0.1) is 17.0 Å². The molecular weight excluding hydrogens is 226 g/mol. The van der Waals surface area contributed by atoms with Crippen LogP contribution in [0.3, 0.4) is 0 Å². The molecule has 0 saturated carbocycles. The van der Waals surface area contributed by atoms with Gasteiger partial charge in [0.1, 0.15) is 0 Å². The van der Waals surface area contributed by atoms with Crippen LogP contribution in [-0.2, 0) is 6.42 Å². The summed E-state index contributed by atoms with van der Waals surface area (Å²) in [7, 11) is 4.23. The van der Waals surface area contributed by atoms with Gasteiger partial charge in [0.25, 0.3) is 0 Å². The van der Waals surface area contributed by atoms with E-state index in [4.69, 9.17) is 0 Å². The lowest BCUT2D eigenvalue weighted by molar-refractivity contribution is 0.400. The van der Waals surface area contributed by atoms with Gasteiger partial charge < -0.3 is 4.90 Å². The van der Waals surface area contributed by atoms with Crippen molar-refractivity contribution in [2.45, 2.75) is 12.8 Å². The molecule has 1 nitrogen and oxygen atoms in total. The normalized spacial score (nSPS) is 9.77. The number of rotatable bonds is 4. The Bertz CT molecular complexity index is 209. The molecule has 1 aromatic rings. The summed E-state index contributed by atoms with van der Waals surface area (Å²) in [4.78, 5) is 2.23. The number of aryl methyl sites for hydroxylation is 1. The van der Waals surface area contributed by atoms with Gasteiger partial charge in [-0.2, -0.15) is 0 Å². The van der Waals surface area contributed by atoms with Crippen LogP contribution in [0, 0.1) is 0 Å². The van der Waals surface area contributed by atoms with Crippen LogP contribution < -0.4 is 0 Å². The van der Waals surface area contributed by atoms with Gasteiger partial charge in [-0.05, 0) is 39.0 Å². The lowest BCUT2D eigenvalue weighted by Crippen LogP contribution is -2.13. The monoisotopic (exact) mass is 243 g/mol. The maximum atomic E-state index is 2.23. The van der Waals surface area contributed by atoms with Crippen LogP contribution in [0.2, 0.25) is 0 Å². The van der Waals surface area contributed by atoms with Crippen molar-refractivity contribution in [2.24, 2.45) is 0 Å². The van der Waals surface area contributed by atoms with E-state index in [1.165, 1.54) is 24.9 Å². The van der Waals surface area contributed by atoms with Crippen molar-refractivity contribution >= 4 is 17.0 Å². The highest BCUT2D eigenvalue weighted by Gasteiger charge is 1.92. The summed E-state index contributed by atoms with van der Waals surface area (Å²) >= 11 is 0. The van der Waals surface area contributed by atoms with Crippen molar-refractivity contribution in [2.75, 3.05) is 20.6 Å². The molecule has 0 spiro atoms. The van der Waals surface area contributed by atoms with E-state index < -0.39 is 0 Å². The summed E-state index contributed by atoms with van der Waals surface area (Å²) in [5.41, 5.74) is 1.44. The van der Waals surface area contributed by atoms with Crippen molar-refractivity contribution in [3.63, 3.8) is 0 Å². The average molecular weight is 244 g/mol. The maximum absolute atomic E-state index is 2.23. The Hall–Kier alpha value is -0.340. The first-order valence-electron chi connectivity index (χ1n) is 4.47. The molecule has 0 amide bonds. The van der Waals surface area contributed by atoms with Gasteiger partial charge in [0.15, 0.2) is 0 Å². The second-order valence-electron chi connectivity index (χ2n) is 3.39. The number of hydrogen-bond donors (Lipinski definition) is 0. The van der Waals surface area contributed by atoms with Gasteiger partial charge in [0.2, 0.25) is 0 Å². The average Bonchev–Trinajstić information content (AvgIpc) is 2.05. The smallest absolute Gasteiger partial charge is 0.00217 e. The molecule has 1 aromatic carbocycles. The first-order chi connectivity index (χ1) is 5.79. The molecule has 0 N–H and O–H groups in total. The molecule has 74 valence electrons. The number of hydrogen-bond acceptors (Lipinski definition) is 1. The van der Waals surface area contributed by atoms with Gasteiger partial charge >= 0.3 is 0 Å². The molecule has 0 bridgehead atoms. The standard InChI is InChI=1S/C11H17N.BrH/c1-12(2)10-6-9-11-7-4-3-5-8-11;/h3-5,7-8H,6,9-10H2,1-2H3;1H. The Morgan fingerprint density at radius 1 is 1.08 bits per heavy atom. The Morgan fingerprint density at radius 2 is 1.69 bits per heavy atom. The predicted octanol–water partition coefficient (Wildman–Crippen LogP) is 2.76. The fourth-order valence-electron chi connectivity index (χ4n) is 1.24. The quantitative estimate of drug-likeness (QED) is 0.787. The van der Waals surface area contributed by atoms with E-state index in [9.17, 15) is 0 Å². The molecule has 1 rings (SSSR count). The molecule has 0 aromatic heterocycles. The molecule has 0 heterocycles. The molecule has 0 fully saturated rings. The fraction of sp³-hybridized carbons (Fsp3) is 0.455. The summed E-state index contributed by atoms with van der Waals surface area (Å²) in [6, 6.07) is 10.6. The Morgan fingerprint density at radius 3 is 2.23 bits per heavy atom. The Labute approximate surface area is 91.5 Å². The second-order valence-corrected chi connectivity index (χ2v) is 3.39. The summed E-state index contributed by atoms with van der Waals surface area (Å²) in [5, 5.41) is 0. The van der Waals surface area contributed by atoms with Crippen LogP contribution in [0.15, 0.2) is 30.3 Å². The molecule has 0 aliphatic heterocycles. The zero-order valence-electron chi connectivity index (χ0n) is 8.36.